The van der Waals surface area contributed by atoms with Gasteiger partial charge in [-0.05, 0) is 6.92 Å². The van der Waals surface area contributed by atoms with Gasteiger partial charge in [0.15, 0.2) is 15.9 Å². The highest BCUT2D eigenvalue weighted by Gasteiger charge is 2.11. The van der Waals surface area contributed by atoms with Crippen molar-refractivity contribution in [2.45, 2.75) is 12.1 Å². The summed E-state index contributed by atoms with van der Waals surface area (Å²) in [5, 5.41) is 16.0. The van der Waals surface area contributed by atoms with E-state index in [1.165, 1.54) is 6.33 Å². The maximum atomic E-state index is 4.53. The average Bonchev–Trinajstić information content (AvgIpc) is 3.07. The lowest BCUT2D eigenvalue weighted by Gasteiger charge is -2.00. The van der Waals surface area contributed by atoms with Gasteiger partial charge in [-0.3, -0.25) is 5.10 Å². The van der Waals surface area contributed by atoms with Crippen LogP contribution in [-0.4, -0.2) is 42.2 Å². The number of hydrogen-bond donors (Lipinski definition) is 2. The Labute approximate surface area is 117 Å². The van der Waals surface area contributed by atoms with Gasteiger partial charge in [-0.1, -0.05) is 23.1 Å². The molecule has 19 heavy (non-hydrogen) atoms. The molecule has 0 saturated heterocycles. The Morgan fingerprint density at radius 2 is 2.42 bits per heavy atom. The number of nitrogens with zero attached hydrogens (tertiary/aromatic N) is 5. The standard InChI is InChI=1S/C10H13N7S2/c1-6-7-8(17(2)16-6)14-9(19-7)11-3-4-18-10-12-5-13-15-10/h5H,3-4H2,1-2H3,(H,11,14)(H,12,13,15). The normalized spacial score (nSPS) is 11.3. The minimum Gasteiger partial charge on any atom is -0.361 e. The second-order valence-electron chi connectivity index (χ2n) is 3.95. The van der Waals surface area contributed by atoms with Crippen molar-refractivity contribution in [3.05, 3.63) is 12.0 Å². The van der Waals surface area contributed by atoms with Crippen LogP contribution in [0.25, 0.3) is 10.3 Å². The van der Waals surface area contributed by atoms with Crippen LogP contribution < -0.4 is 5.32 Å². The van der Waals surface area contributed by atoms with Crippen LogP contribution in [0.4, 0.5) is 5.13 Å². The van der Waals surface area contributed by atoms with Gasteiger partial charge < -0.3 is 5.32 Å². The van der Waals surface area contributed by atoms with Crippen molar-refractivity contribution in [2.75, 3.05) is 17.6 Å². The van der Waals surface area contributed by atoms with Gasteiger partial charge in [0, 0.05) is 19.3 Å². The number of thioether (sulfide) groups is 1. The van der Waals surface area contributed by atoms with Crippen molar-refractivity contribution in [2.24, 2.45) is 7.05 Å². The summed E-state index contributed by atoms with van der Waals surface area (Å²) in [5.74, 6) is 0.905. The number of anilines is 1. The van der Waals surface area contributed by atoms with E-state index in [-0.39, 0.29) is 0 Å². The van der Waals surface area contributed by atoms with Gasteiger partial charge in [-0.2, -0.15) is 10.2 Å². The molecule has 3 aromatic heterocycles. The third kappa shape index (κ3) is 2.56. The minimum atomic E-state index is 0.831. The van der Waals surface area contributed by atoms with Crippen LogP contribution >= 0.6 is 23.1 Å². The molecule has 0 radical (unpaired) electrons. The minimum absolute atomic E-state index is 0.831. The zero-order valence-corrected chi connectivity index (χ0v) is 12.2. The summed E-state index contributed by atoms with van der Waals surface area (Å²) in [6.45, 7) is 2.84. The average molecular weight is 295 g/mol. The van der Waals surface area contributed by atoms with Gasteiger partial charge in [0.2, 0.25) is 0 Å². The largest absolute Gasteiger partial charge is 0.361 e. The lowest BCUT2D eigenvalue weighted by molar-refractivity contribution is 0.774. The maximum Gasteiger partial charge on any atom is 0.185 e. The molecule has 0 atom stereocenters. The predicted octanol–water partition coefficient (Wildman–Crippen LogP) is 1.66. The number of fused-ring (bicyclic) bond motifs is 1. The molecule has 3 rings (SSSR count). The first-order valence-corrected chi connectivity index (χ1v) is 7.56. The molecule has 0 aliphatic rings. The van der Waals surface area contributed by atoms with Crippen LogP contribution in [-0.2, 0) is 7.05 Å². The fourth-order valence-corrected chi connectivity index (χ4v) is 3.32. The van der Waals surface area contributed by atoms with Gasteiger partial charge >= 0.3 is 0 Å². The molecular weight excluding hydrogens is 282 g/mol. The second kappa shape index (κ2) is 5.17. The molecule has 2 N–H and O–H groups in total. The monoisotopic (exact) mass is 295 g/mol. The zero-order valence-electron chi connectivity index (χ0n) is 10.5. The Kier molecular flexibility index (Phi) is 3.38. The summed E-state index contributed by atoms with van der Waals surface area (Å²) < 4.78 is 2.96. The molecule has 0 aliphatic heterocycles. The number of aryl methyl sites for hydroxylation is 2. The number of rotatable bonds is 5. The van der Waals surface area contributed by atoms with Crippen molar-refractivity contribution in [3.8, 4) is 0 Å². The fraction of sp³-hybridized carbons (Fsp3) is 0.400. The SMILES string of the molecule is Cc1nn(C)c2nc(NCCSc3ncn[nH]3)sc12. The van der Waals surface area contributed by atoms with Crippen LogP contribution in [0.3, 0.4) is 0 Å². The molecule has 0 aliphatic carbocycles. The topological polar surface area (TPSA) is 84.3 Å². The van der Waals surface area contributed by atoms with Crippen LogP contribution in [0, 0.1) is 6.92 Å². The molecular formula is C10H13N7S2. The summed E-state index contributed by atoms with van der Waals surface area (Å²) in [5.41, 5.74) is 1.96. The molecule has 0 fully saturated rings. The smallest absolute Gasteiger partial charge is 0.185 e. The van der Waals surface area contributed by atoms with Crippen LogP contribution in [0.1, 0.15) is 5.69 Å². The third-order valence-corrected chi connectivity index (χ3v) is 4.54. The summed E-state index contributed by atoms with van der Waals surface area (Å²) in [6, 6.07) is 0. The van der Waals surface area contributed by atoms with E-state index in [4.69, 9.17) is 0 Å². The van der Waals surface area contributed by atoms with Crippen molar-refractivity contribution in [1.29, 1.82) is 0 Å². The molecule has 3 heterocycles. The van der Waals surface area contributed by atoms with Gasteiger partial charge in [0.1, 0.15) is 6.33 Å². The van der Waals surface area contributed by atoms with Crippen LogP contribution in [0.15, 0.2) is 11.5 Å². The number of thiazole rings is 1. The molecule has 0 aromatic carbocycles. The Morgan fingerprint density at radius 3 is 3.16 bits per heavy atom. The van der Waals surface area contributed by atoms with E-state index in [0.29, 0.717) is 0 Å². The van der Waals surface area contributed by atoms with Crippen molar-refractivity contribution >= 4 is 38.6 Å². The molecule has 100 valence electrons. The molecule has 0 spiro atoms. The first-order valence-electron chi connectivity index (χ1n) is 5.76. The molecule has 3 aromatic rings. The molecule has 9 heteroatoms. The van der Waals surface area contributed by atoms with Gasteiger partial charge in [0.05, 0.1) is 10.4 Å². The van der Waals surface area contributed by atoms with Gasteiger partial charge in [-0.25, -0.2) is 14.6 Å². The van der Waals surface area contributed by atoms with E-state index in [2.05, 4.69) is 30.6 Å². The lowest BCUT2D eigenvalue weighted by Crippen LogP contribution is -2.04. The van der Waals surface area contributed by atoms with Gasteiger partial charge in [-0.15, -0.1) is 0 Å². The van der Waals surface area contributed by atoms with Crippen LogP contribution in [0.2, 0.25) is 0 Å². The van der Waals surface area contributed by atoms with E-state index in [1.54, 1.807) is 23.1 Å². The van der Waals surface area contributed by atoms with Gasteiger partial charge in [0.25, 0.3) is 0 Å². The van der Waals surface area contributed by atoms with E-state index < -0.39 is 0 Å². The lowest BCUT2D eigenvalue weighted by atomic mass is 10.5. The summed E-state index contributed by atoms with van der Waals surface area (Å²) in [4.78, 5) is 8.58. The number of aromatic nitrogens is 6. The van der Waals surface area contributed by atoms with E-state index in [9.17, 15) is 0 Å². The Bertz CT molecular complexity index is 635. The van der Waals surface area contributed by atoms with E-state index in [0.717, 1.165) is 38.6 Å². The quantitative estimate of drug-likeness (QED) is 0.550. The summed E-state index contributed by atoms with van der Waals surface area (Å²) >= 11 is 3.27. The van der Waals surface area contributed by atoms with Crippen molar-refractivity contribution < 1.29 is 0 Å². The zero-order chi connectivity index (χ0) is 13.2. The number of hydrogen-bond acceptors (Lipinski definition) is 7. The van der Waals surface area contributed by atoms with Crippen LogP contribution in [0.5, 0.6) is 0 Å². The van der Waals surface area contributed by atoms with Crippen molar-refractivity contribution in [1.82, 2.24) is 29.9 Å². The molecule has 0 unspecified atom stereocenters. The number of H-pyrrole nitrogens is 1. The Morgan fingerprint density at radius 1 is 1.53 bits per heavy atom. The molecule has 0 bridgehead atoms. The Hall–Kier alpha value is -1.61. The van der Waals surface area contributed by atoms with E-state index in [1.807, 2.05) is 18.7 Å². The first-order chi connectivity index (χ1) is 9.24. The van der Waals surface area contributed by atoms with E-state index >= 15 is 0 Å². The third-order valence-electron chi connectivity index (χ3n) is 2.55. The highest BCUT2D eigenvalue weighted by atomic mass is 32.2. The molecule has 0 saturated carbocycles. The predicted molar refractivity (Wildman–Crippen MR) is 76.7 cm³/mol. The number of nitrogens with one attached hydrogen (secondary N) is 2. The Balaban J connectivity index is 1.58. The second-order valence-corrected chi connectivity index (χ2v) is 6.03. The highest BCUT2D eigenvalue weighted by molar-refractivity contribution is 7.99. The number of aromatic amines is 1. The summed E-state index contributed by atoms with van der Waals surface area (Å²) in [6.07, 6.45) is 1.51. The maximum absolute atomic E-state index is 4.53. The molecule has 7 nitrogen and oxygen atoms in total. The van der Waals surface area contributed by atoms with Crippen molar-refractivity contribution in [3.63, 3.8) is 0 Å². The molecule has 0 amide bonds. The first kappa shape index (κ1) is 12.4. The highest BCUT2D eigenvalue weighted by Crippen LogP contribution is 2.27. The summed E-state index contributed by atoms with van der Waals surface area (Å²) in [7, 11) is 1.92. The fourth-order valence-electron chi connectivity index (χ4n) is 1.73.